The molecule has 29 heavy (non-hydrogen) atoms. The Balaban J connectivity index is 0.00000420. The van der Waals surface area contributed by atoms with E-state index in [9.17, 15) is 4.79 Å². The maximum Gasteiger partial charge on any atom is 0.251 e. The molecule has 0 aromatic heterocycles. The van der Waals surface area contributed by atoms with Crippen molar-refractivity contribution in [3.05, 3.63) is 33.8 Å². The number of carbonyl (C=O) groups is 1. The van der Waals surface area contributed by atoms with Gasteiger partial charge in [-0.25, -0.2) is 0 Å². The molecule has 1 amide bonds. The molecule has 1 aliphatic heterocycles. The molecule has 0 radical (unpaired) electrons. The first-order valence-electron chi connectivity index (χ1n) is 9.92. The van der Waals surface area contributed by atoms with Gasteiger partial charge in [0.05, 0.1) is 16.6 Å². The molecule has 0 bridgehead atoms. The van der Waals surface area contributed by atoms with Gasteiger partial charge in [0, 0.05) is 43.8 Å². The maximum atomic E-state index is 12.2. The number of nitrogens with zero attached hydrogens (tertiary/aromatic N) is 2. The summed E-state index contributed by atoms with van der Waals surface area (Å²) in [5.41, 5.74) is 0.486. The minimum Gasteiger partial charge on any atom is -0.357 e. The molecule has 1 aromatic carbocycles. The standard InChI is InChI=1S/C20H31Cl2N5O.HI/c1-4-23-20(26-16-7-11-27(12-8-16)14(2)3)25-10-9-24-19(28)15-5-6-17(21)18(22)13-15;/h5-6,13-14,16H,4,7-12H2,1-3H3,(H,24,28)(H2,23,25,26);1H. The van der Waals surface area contributed by atoms with Gasteiger partial charge in [-0.15, -0.1) is 24.0 Å². The smallest absolute Gasteiger partial charge is 0.251 e. The van der Waals surface area contributed by atoms with Crippen molar-refractivity contribution in [3.63, 3.8) is 0 Å². The van der Waals surface area contributed by atoms with Crippen molar-refractivity contribution >= 4 is 59.0 Å². The summed E-state index contributed by atoms with van der Waals surface area (Å²) in [4.78, 5) is 19.3. The highest BCUT2D eigenvalue weighted by atomic mass is 127. The molecule has 1 fully saturated rings. The average molecular weight is 556 g/mol. The Bertz CT molecular complexity index is 679. The molecule has 0 atom stereocenters. The first-order valence-corrected chi connectivity index (χ1v) is 10.7. The number of rotatable bonds is 7. The Hall–Kier alpha value is -0.770. The van der Waals surface area contributed by atoms with Gasteiger partial charge in [0.15, 0.2) is 5.96 Å². The molecule has 0 unspecified atom stereocenters. The lowest BCUT2D eigenvalue weighted by molar-refractivity contribution is 0.0955. The maximum absolute atomic E-state index is 12.2. The molecule has 1 heterocycles. The molecule has 3 N–H and O–H groups in total. The summed E-state index contributed by atoms with van der Waals surface area (Å²) in [6.07, 6.45) is 2.22. The van der Waals surface area contributed by atoms with Crippen LogP contribution in [0, 0.1) is 0 Å². The van der Waals surface area contributed by atoms with Crippen LogP contribution in [0.3, 0.4) is 0 Å². The number of aliphatic imine (C=N–C) groups is 1. The van der Waals surface area contributed by atoms with Crippen LogP contribution in [-0.2, 0) is 0 Å². The third kappa shape index (κ3) is 8.86. The molecule has 1 saturated heterocycles. The van der Waals surface area contributed by atoms with Gasteiger partial charge in [-0.1, -0.05) is 23.2 Å². The van der Waals surface area contributed by atoms with E-state index < -0.39 is 0 Å². The molecule has 6 nitrogen and oxygen atoms in total. The van der Waals surface area contributed by atoms with Gasteiger partial charge in [0.1, 0.15) is 0 Å². The van der Waals surface area contributed by atoms with Crippen molar-refractivity contribution in [3.8, 4) is 0 Å². The molecule has 1 aromatic rings. The second kappa shape index (κ2) is 13.5. The molecule has 0 aliphatic carbocycles. The van der Waals surface area contributed by atoms with E-state index in [2.05, 4.69) is 39.7 Å². The number of halogens is 3. The Labute approximate surface area is 201 Å². The predicted octanol–water partition coefficient (Wildman–Crippen LogP) is 3.77. The summed E-state index contributed by atoms with van der Waals surface area (Å²) >= 11 is 11.8. The number of likely N-dealkylation sites (tertiary alicyclic amines) is 1. The van der Waals surface area contributed by atoms with Crippen molar-refractivity contribution in [1.82, 2.24) is 20.9 Å². The van der Waals surface area contributed by atoms with Crippen LogP contribution in [-0.4, -0.2) is 61.6 Å². The predicted molar refractivity (Wildman–Crippen MR) is 133 cm³/mol. The zero-order valence-electron chi connectivity index (χ0n) is 17.3. The number of carbonyl (C=O) groups excluding carboxylic acids is 1. The van der Waals surface area contributed by atoms with Crippen molar-refractivity contribution in [1.29, 1.82) is 0 Å². The van der Waals surface area contributed by atoms with E-state index >= 15 is 0 Å². The van der Waals surface area contributed by atoms with Crippen molar-refractivity contribution in [2.45, 2.75) is 45.7 Å². The zero-order chi connectivity index (χ0) is 20.5. The highest BCUT2D eigenvalue weighted by Gasteiger charge is 2.21. The highest BCUT2D eigenvalue weighted by Crippen LogP contribution is 2.22. The average Bonchev–Trinajstić information content (AvgIpc) is 2.67. The number of benzene rings is 1. The Kier molecular flexibility index (Phi) is 12.2. The highest BCUT2D eigenvalue weighted by molar-refractivity contribution is 14.0. The van der Waals surface area contributed by atoms with Gasteiger partial charge in [-0.2, -0.15) is 0 Å². The van der Waals surface area contributed by atoms with E-state index in [0.717, 1.165) is 38.4 Å². The van der Waals surface area contributed by atoms with Gasteiger partial charge in [0.25, 0.3) is 5.91 Å². The van der Waals surface area contributed by atoms with E-state index in [1.54, 1.807) is 18.2 Å². The Morgan fingerprint density at radius 2 is 1.90 bits per heavy atom. The van der Waals surface area contributed by atoms with Crippen molar-refractivity contribution in [2.75, 3.05) is 32.7 Å². The third-order valence-electron chi connectivity index (χ3n) is 4.79. The van der Waals surface area contributed by atoms with Crippen LogP contribution in [0.15, 0.2) is 23.2 Å². The monoisotopic (exact) mass is 555 g/mol. The molecule has 9 heteroatoms. The largest absolute Gasteiger partial charge is 0.357 e. The number of nitrogens with one attached hydrogen (secondary N) is 3. The molecular formula is C20H32Cl2IN5O. The molecule has 2 rings (SSSR count). The van der Waals surface area contributed by atoms with Crippen molar-refractivity contribution in [2.24, 2.45) is 4.99 Å². The van der Waals surface area contributed by atoms with Gasteiger partial charge < -0.3 is 20.9 Å². The number of guanidine groups is 1. The van der Waals surface area contributed by atoms with Gasteiger partial charge in [-0.05, 0) is 51.8 Å². The Morgan fingerprint density at radius 3 is 2.48 bits per heavy atom. The van der Waals surface area contributed by atoms with Crippen LogP contribution >= 0.6 is 47.2 Å². The SMILES string of the molecule is CCNC(=NCCNC(=O)c1ccc(Cl)c(Cl)c1)NC1CCN(C(C)C)CC1.I. The number of amides is 1. The molecule has 0 saturated carbocycles. The minimum absolute atomic E-state index is 0. The lowest BCUT2D eigenvalue weighted by Crippen LogP contribution is -2.50. The van der Waals surface area contributed by atoms with Crippen LogP contribution in [0.2, 0.25) is 10.0 Å². The second-order valence-electron chi connectivity index (χ2n) is 7.19. The number of hydrogen-bond donors (Lipinski definition) is 3. The fraction of sp³-hybridized carbons (Fsp3) is 0.600. The molecule has 164 valence electrons. The number of piperidine rings is 1. The quantitative estimate of drug-likeness (QED) is 0.207. The normalized spacial score (nSPS) is 15.7. The van der Waals surface area contributed by atoms with Crippen LogP contribution in [0.1, 0.15) is 44.0 Å². The van der Waals surface area contributed by atoms with Gasteiger partial charge in [-0.3, -0.25) is 9.79 Å². The fourth-order valence-corrected chi connectivity index (χ4v) is 3.45. The van der Waals surface area contributed by atoms with Crippen LogP contribution < -0.4 is 16.0 Å². The molecule has 1 aliphatic rings. The lowest BCUT2D eigenvalue weighted by Gasteiger charge is -2.35. The summed E-state index contributed by atoms with van der Waals surface area (Å²) in [5.74, 6) is 0.613. The van der Waals surface area contributed by atoms with Gasteiger partial charge in [0.2, 0.25) is 0 Å². The van der Waals surface area contributed by atoms with E-state index in [0.29, 0.717) is 40.8 Å². The van der Waals surface area contributed by atoms with E-state index in [4.69, 9.17) is 23.2 Å². The van der Waals surface area contributed by atoms with Gasteiger partial charge >= 0.3 is 0 Å². The van der Waals surface area contributed by atoms with Crippen LogP contribution in [0.25, 0.3) is 0 Å². The summed E-state index contributed by atoms with van der Waals surface area (Å²) in [7, 11) is 0. The number of hydrogen-bond acceptors (Lipinski definition) is 3. The van der Waals surface area contributed by atoms with E-state index in [1.807, 2.05) is 6.92 Å². The first kappa shape index (κ1) is 26.3. The molecular weight excluding hydrogens is 524 g/mol. The summed E-state index contributed by atoms with van der Waals surface area (Å²) in [6, 6.07) is 5.87. The first-order chi connectivity index (χ1) is 13.4. The minimum atomic E-state index is -0.187. The van der Waals surface area contributed by atoms with Crippen LogP contribution in [0.4, 0.5) is 0 Å². The van der Waals surface area contributed by atoms with E-state index in [1.165, 1.54) is 0 Å². The molecule has 0 spiro atoms. The summed E-state index contributed by atoms with van der Waals surface area (Å²) in [6.45, 7) is 10.5. The Morgan fingerprint density at radius 1 is 1.21 bits per heavy atom. The van der Waals surface area contributed by atoms with Crippen LogP contribution in [0.5, 0.6) is 0 Å². The second-order valence-corrected chi connectivity index (χ2v) is 8.01. The van der Waals surface area contributed by atoms with Crippen molar-refractivity contribution < 1.29 is 4.79 Å². The zero-order valence-corrected chi connectivity index (χ0v) is 21.1. The third-order valence-corrected chi connectivity index (χ3v) is 5.53. The summed E-state index contributed by atoms with van der Waals surface area (Å²) in [5, 5.41) is 10.5. The topological polar surface area (TPSA) is 68.8 Å². The lowest BCUT2D eigenvalue weighted by atomic mass is 10.0. The summed E-state index contributed by atoms with van der Waals surface area (Å²) < 4.78 is 0. The van der Waals surface area contributed by atoms with E-state index in [-0.39, 0.29) is 29.9 Å². The fourth-order valence-electron chi connectivity index (χ4n) is 3.15.